The molecule has 1 aliphatic carbocycles. The number of benzene rings is 1. The van der Waals surface area contributed by atoms with Crippen LogP contribution in [-0.4, -0.2) is 17.9 Å². The van der Waals surface area contributed by atoms with Gasteiger partial charge in [-0.05, 0) is 48.1 Å². The molecule has 0 radical (unpaired) electrons. The van der Waals surface area contributed by atoms with Gasteiger partial charge in [-0.25, -0.2) is 0 Å². The lowest BCUT2D eigenvalue weighted by molar-refractivity contribution is -0.274. The number of fused-ring (bicyclic) bond motifs is 1. The van der Waals surface area contributed by atoms with E-state index in [0.717, 1.165) is 36.0 Å². The molecule has 22 heavy (non-hydrogen) atoms. The molecule has 2 rings (SSSR count). The average molecular weight is 318 g/mol. The smallest absolute Gasteiger partial charge is 0.483 e. The maximum atomic E-state index is 12.1. The van der Waals surface area contributed by atoms with Crippen LogP contribution >= 0.6 is 0 Å². The summed E-state index contributed by atoms with van der Waals surface area (Å²) in [7, 11) is 0. The standard InChI is InChI=1S/C13H13F3O.C2H6.CH2O2/c1-2-3-9-4-5-10-6-7-11(8-12(9)10)17-13(14,15)16;1-2;2-1-3/h3,6-8H,2,4-5H2,1H3;1-2H3;1H,(H,2,3)/b9-3+;;. The molecule has 0 atom stereocenters. The summed E-state index contributed by atoms with van der Waals surface area (Å²) in [6.07, 6.45) is 0.121. The average Bonchev–Trinajstić information content (AvgIpc) is 2.83. The fourth-order valence-electron chi connectivity index (χ4n) is 2.13. The predicted octanol–water partition coefficient (Wildman–Crippen LogP) is 5.05. The van der Waals surface area contributed by atoms with Crippen molar-refractivity contribution in [3.63, 3.8) is 0 Å². The highest BCUT2D eigenvalue weighted by atomic mass is 19.4. The van der Waals surface area contributed by atoms with E-state index in [4.69, 9.17) is 9.90 Å². The molecular formula is C16H21F3O3. The van der Waals surface area contributed by atoms with Crippen molar-refractivity contribution in [2.45, 2.75) is 46.4 Å². The second kappa shape index (κ2) is 9.87. The van der Waals surface area contributed by atoms with Crippen LogP contribution in [0.2, 0.25) is 0 Å². The van der Waals surface area contributed by atoms with E-state index in [1.54, 1.807) is 6.07 Å². The van der Waals surface area contributed by atoms with Gasteiger partial charge in [0.1, 0.15) is 5.75 Å². The summed E-state index contributed by atoms with van der Waals surface area (Å²) in [6.45, 7) is 5.76. The summed E-state index contributed by atoms with van der Waals surface area (Å²) in [4.78, 5) is 8.36. The molecule has 0 fully saturated rings. The monoisotopic (exact) mass is 318 g/mol. The van der Waals surface area contributed by atoms with Gasteiger partial charge in [0.2, 0.25) is 0 Å². The first-order chi connectivity index (χ1) is 10.4. The highest BCUT2D eigenvalue weighted by molar-refractivity contribution is 5.73. The van der Waals surface area contributed by atoms with Gasteiger partial charge in [0.15, 0.2) is 0 Å². The zero-order chi connectivity index (χ0) is 17.2. The van der Waals surface area contributed by atoms with Gasteiger partial charge >= 0.3 is 6.36 Å². The van der Waals surface area contributed by atoms with Gasteiger partial charge in [0.05, 0.1) is 0 Å². The third kappa shape index (κ3) is 6.65. The number of alkyl halides is 3. The zero-order valence-electron chi connectivity index (χ0n) is 12.9. The van der Waals surface area contributed by atoms with Crippen LogP contribution < -0.4 is 4.74 Å². The fraction of sp³-hybridized carbons (Fsp3) is 0.438. The van der Waals surface area contributed by atoms with Crippen molar-refractivity contribution < 1.29 is 27.8 Å². The number of allylic oxidation sites excluding steroid dienone is 2. The minimum absolute atomic E-state index is 0.139. The third-order valence-electron chi connectivity index (χ3n) is 2.78. The van der Waals surface area contributed by atoms with Gasteiger partial charge in [-0.1, -0.05) is 32.9 Å². The largest absolute Gasteiger partial charge is 0.573 e. The van der Waals surface area contributed by atoms with Crippen LogP contribution in [0.25, 0.3) is 5.57 Å². The van der Waals surface area contributed by atoms with Crippen molar-refractivity contribution >= 4 is 12.0 Å². The number of halogens is 3. The number of carbonyl (C=O) groups is 1. The molecule has 0 aliphatic heterocycles. The number of carboxylic acid groups (broad SMARTS) is 1. The lowest BCUT2D eigenvalue weighted by Crippen LogP contribution is -2.17. The Morgan fingerprint density at radius 1 is 1.27 bits per heavy atom. The molecule has 0 saturated carbocycles. The molecule has 0 unspecified atom stereocenters. The topological polar surface area (TPSA) is 46.5 Å². The molecule has 6 heteroatoms. The van der Waals surface area contributed by atoms with Crippen LogP contribution in [0.4, 0.5) is 13.2 Å². The Labute approximate surface area is 128 Å². The van der Waals surface area contributed by atoms with E-state index in [0.29, 0.717) is 0 Å². The van der Waals surface area contributed by atoms with E-state index < -0.39 is 6.36 Å². The minimum Gasteiger partial charge on any atom is -0.483 e. The Balaban J connectivity index is 0.000000789. The van der Waals surface area contributed by atoms with Crippen LogP contribution in [0.15, 0.2) is 24.3 Å². The van der Waals surface area contributed by atoms with Crippen molar-refractivity contribution in [3.8, 4) is 5.75 Å². The number of rotatable bonds is 2. The summed E-state index contributed by atoms with van der Waals surface area (Å²) in [5, 5.41) is 6.89. The van der Waals surface area contributed by atoms with Crippen molar-refractivity contribution in [1.29, 1.82) is 0 Å². The Bertz CT molecular complexity index is 494. The normalized spacial score (nSPS) is 14.2. The van der Waals surface area contributed by atoms with Gasteiger partial charge in [-0.2, -0.15) is 0 Å². The molecule has 0 spiro atoms. The van der Waals surface area contributed by atoms with Crippen LogP contribution in [0.3, 0.4) is 0 Å². The molecule has 0 saturated heterocycles. The number of aryl methyl sites for hydroxylation is 1. The van der Waals surface area contributed by atoms with E-state index >= 15 is 0 Å². The number of hydrogen-bond donors (Lipinski definition) is 1. The van der Waals surface area contributed by atoms with E-state index in [1.807, 2.05) is 20.8 Å². The van der Waals surface area contributed by atoms with Gasteiger partial charge in [0.25, 0.3) is 6.47 Å². The van der Waals surface area contributed by atoms with Crippen LogP contribution in [0.1, 0.15) is 44.7 Å². The Morgan fingerprint density at radius 3 is 2.36 bits per heavy atom. The van der Waals surface area contributed by atoms with Crippen molar-refractivity contribution in [2.24, 2.45) is 0 Å². The van der Waals surface area contributed by atoms with Gasteiger partial charge < -0.3 is 9.84 Å². The quantitative estimate of drug-likeness (QED) is 0.776. The molecular weight excluding hydrogens is 297 g/mol. The highest BCUT2D eigenvalue weighted by Crippen LogP contribution is 2.36. The molecule has 0 aromatic heterocycles. The molecule has 1 aliphatic rings. The first kappa shape index (κ1) is 20.0. The molecule has 0 heterocycles. The van der Waals surface area contributed by atoms with E-state index in [-0.39, 0.29) is 12.2 Å². The van der Waals surface area contributed by atoms with E-state index in [2.05, 4.69) is 10.8 Å². The van der Waals surface area contributed by atoms with E-state index in [9.17, 15) is 13.2 Å². The number of ether oxygens (including phenoxy) is 1. The summed E-state index contributed by atoms with van der Waals surface area (Å²) in [5.41, 5.74) is 3.11. The molecule has 0 amide bonds. The SMILES string of the molecule is CC.CC/C=C1\CCc2ccc(OC(F)(F)F)cc21.O=CO. The van der Waals surface area contributed by atoms with Gasteiger partial charge in [-0.3, -0.25) is 4.79 Å². The maximum absolute atomic E-state index is 12.1. The van der Waals surface area contributed by atoms with Gasteiger partial charge in [0, 0.05) is 0 Å². The molecule has 124 valence electrons. The maximum Gasteiger partial charge on any atom is 0.573 e. The second-order valence-electron chi connectivity index (χ2n) is 4.11. The minimum atomic E-state index is -4.62. The van der Waals surface area contributed by atoms with Crippen molar-refractivity contribution in [2.75, 3.05) is 0 Å². The van der Waals surface area contributed by atoms with Crippen LogP contribution in [-0.2, 0) is 11.2 Å². The molecule has 1 N–H and O–H groups in total. The Kier molecular flexibility index (Phi) is 8.98. The molecule has 1 aromatic rings. The van der Waals surface area contributed by atoms with Gasteiger partial charge in [-0.15, -0.1) is 13.2 Å². The second-order valence-corrected chi connectivity index (χ2v) is 4.11. The lowest BCUT2D eigenvalue weighted by Gasteiger charge is -2.10. The highest BCUT2D eigenvalue weighted by Gasteiger charge is 2.31. The zero-order valence-corrected chi connectivity index (χ0v) is 12.9. The van der Waals surface area contributed by atoms with Crippen LogP contribution in [0, 0.1) is 0 Å². The Hall–Kier alpha value is -1.98. The fourth-order valence-corrected chi connectivity index (χ4v) is 2.13. The molecule has 0 bridgehead atoms. The number of hydrogen-bond acceptors (Lipinski definition) is 2. The van der Waals surface area contributed by atoms with Crippen molar-refractivity contribution in [3.05, 3.63) is 35.4 Å². The predicted molar refractivity (Wildman–Crippen MR) is 79.8 cm³/mol. The lowest BCUT2D eigenvalue weighted by atomic mass is 10.1. The summed E-state index contributed by atoms with van der Waals surface area (Å²) in [6, 6.07) is 4.57. The van der Waals surface area contributed by atoms with E-state index in [1.165, 1.54) is 12.1 Å². The first-order valence-corrected chi connectivity index (χ1v) is 7.07. The first-order valence-electron chi connectivity index (χ1n) is 7.07. The molecule has 3 nitrogen and oxygen atoms in total. The third-order valence-corrected chi connectivity index (χ3v) is 2.78. The summed E-state index contributed by atoms with van der Waals surface area (Å²) in [5.74, 6) is -0.139. The summed E-state index contributed by atoms with van der Waals surface area (Å²) >= 11 is 0. The summed E-state index contributed by atoms with van der Waals surface area (Å²) < 4.78 is 40.2. The van der Waals surface area contributed by atoms with Crippen LogP contribution in [0.5, 0.6) is 5.75 Å². The van der Waals surface area contributed by atoms with Crippen molar-refractivity contribution in [1.82, 2.24) is 0 Å². The Morgan fingerprint density at radius 2 is 1.86 bits per heavy atom. The molecule has 1 aromatic carbocycles.